The van der Waals surface area contributed by atoms with Crippen molar-refractivity contribution in [2.45, 2.75) is 26.8 Å². The molecule has 0 aromatic heterocycles. The lowest BCUT2D eigenvalue weighted by Gasteiger charge is -2.27. The molecule has 1 aromatic rings. The summed E-state index contributed by atoms with van der Waals surface area (Å²) in [5.41, 5.74) is 6.16. The van der Waals surface area contributed by atoms with Crippen LogP contribution in [0.25, 0.3) is 0 Å². The summed E-state index contributed by atoms with van der Waals surface area (Å²) >= 11 is 0. The van der Waals surface area contributed by atoms with Crippen molar-refractivity contribution in [3.8, 4) is 0 Å². The van der Waals surface area contributed by atoms with Crippen molar-refractivity contribution in [1.29, 1.82) is 0 Å². The third-order valence-electron chi connectivity index (χ3n) is 2.18. The Morgan fingerprint density at radius 1 is 1.07 bits per heavy atom. The van der Waals surface area contributed by atoms with Crippen molar-refractivity contribution < 1.29 is 8.78 Å². The van der Waals surface area contributed by atoms with Crippen LogP contribution in [0.1, 0.15) is 32.4 Å². The minimum Gasteiger partial charge on any atom is -0.324 e. The first-order valence-corrected chi connectivity index (χ1v) is 4.52. The summed E-state index contributed by atoms with van der Waals surface area (Å²) in [7, 11) is 0. The number of hydrogen-bond donors (Lipinski definition) is 1. The van der Waals surface area contributed by atoms with Crippen molar-refractivity contribution in [1.82, 2.24) is 0 Å². The van der Waals surface area contributed by atoms with Gasteiger partial charge in [0.15, 0.2) is 0 Å². The standard InChI is InChI=1S/C11H15F2N.ClH/c1-11(2,3)10(14)7-4-8(12)6-9(13)5-7;/h4-6,10H,14H2,1-3H3;1H/t10-;/m0./s1. The molecule has 1 rings (SSSR count). The van der Waals surface area contributed by atoms with E-state index in [4.69, 9.17) is 5.73 Å². The predicted molar refractivity (Wildman–Crippen MR) is 60.0 cm³/mol. The van der Waals surface area contributed by atoms with E-state index in [0.29, 0.717) is 5.56 Å². The van der Waals surface area contributed by atoms with E-state index < -0.39 is 11.6 Å². The molecule has 0 fully saturated rings. The third kappa shape index (κ3) is 3.76. The highest BCUT2D eigenvalue weighted by Crippen LogP contribution is 2.30. The second-order valence-corrected chi connectivity index (χ2v) is 4.55. The van der Waals surface area contributed by atoms with Crippen LogP contribution in [-0.2, 0) is 0 Å². The third-order valence-corrected chi connectivity index (χ3v) is 2.18. The van der Waals surface area contributed by atoms with E-state index in [1.807, 2.05) is 20.8 Å². The molecular formula is C11H16ClF2N. The lowest BCUT2D eigenvalue weighted by Crippen LogP contribution is -2.26. The molecule has 15 heavy (non-hydrogen) atoms. The molecular weight excluding hydrogens is 220 g/mol. The molecule has 2 N–H and O–H groups in total. The van der Waals surface area contributed by atoms with Gasteiger partial charge in [-0.25, -0.2) is 8.78 Å². The maximum absolute atomic E-state index is 12.9. The van der Waals surface area contributed by atoms with Crippen molar-refractivity contribution in [3.63, 3.8) is 0 Å². The van der Waals surface area contributed by atoms with Crippen molar-refractivity contribution >= 4 is 12.4 Å². The summed E-state index contributed by atoms with van der Waals surface area (Å²) in [6, 6.07) is 3.03. The van der Waals surface area contributed by atoms with Crippen LogP contribution in [0.2, 0.25) is 0 Å². The molecule has 0 aliphatic rings. The van der Waals surface area contributed by atoms with Crippen LogP contribution in [0.5, 0.6) is 0 Å². The molecule has 0 radical (unpaired) electrons. The molecule has 1 nitrogen and oxygen atoms in total. The van der Waals surface area contributed by atoms with Gasteiger partial charge in [0, 0.05) is 12.1 Å². The molecule has 4 heteroatoms. The minimum absolute atomic E-state index is 0. The van der Waals surface area contributed by atoms with Crippen LogP contribution >= 0.6 is 12.4 Å². The molecule has 1 atom stereocenters. The van der Waals surface area contributed by atoms with Gasteiger partial charge in [-0.15, -0.1) is 12.4 Å². The van der Waals surface area contributed by atoms with Gasteiger partial charge in [-0.3, -0.25) is 0 Å². The summed E-state index contributed by atoms with van der Waals surface area (Å²) in [6.07, 6.45) is 0. The van der Waals surface area contributed by atoms with E-state index in [-0.39, 0.29) is 23.9 Å². The highest BCUT2D eigenvalue weighted by atomic mass is 35.5. The average Bonchev–Trinajstić information content (AvgIpc) is 1.99. The Labute approximate surface area is 95.1 Å². The van der Waals surface area contributed by atoms with Crippen LogP contribution < -0.4 is 5.73 Å². The lowest BCUT2D eigenvalue weighted by molar-refractivity contribution is 0.325. The summed E-state index contributed by atoms with van der Waals surface area (Å²) in [6.45, 7) is 5.79. The predicted octanol–water partition coefficient (Wildman–Crippen LogP) is 3.43. The molecule has 0 bridgehead atoms. The van der Waals surface area contributed by atoms with Crippen molar-refractivity contribution in [2.75, 3.05) is 0 Å². The zero-order chi connectivity index (χ0) is 10.9. The number of nitrogens with two attached hydrogens (primary N) is 1. The Morgan fingerprint density at radius 3 is 1.80 bits per heavy atom. The van der Waals surface area contributed by atoms with Gasteiger partial charge in [0.25, 0.3) is 0 Å². The maximum Gasteiger partial charge on any atom is 0.126 e. The Morgan fingerprint density at radius 2 is 1.47 bits per heavy atom. The second-order valence-electron chi connectivity index (χ2n) is 4.55. The van der Waals surface area contributed by atoms with Crippen molar-refractivity contribution in [2.24, 2.45) is 11.1 Å². The average molecular weight is 236 g/mol. The molecule has 1 aromatic carbocycles. The van der Waals surface area contributed by atoms with Gasteiger partial charge < -0.3 is 5.73 Å². The molecule has 0 aliphatic heterocycles. The summed E-state index contributed by atoms with van der Waals surface area (Å²) in [5.74, 6) is -1.17. The minimum atomic E-state index is -0.584. The monoisotopic (exact) mass is 235 g/mol. The van der Waals surface area contributed by atoms with E-state index in [0.717, 1.165) is 6.07 Å². The topological polar surface area (TPSA) is 26.0 Å². The van der Waals surface area contributed by atoms with Crippen molar-refractivity contribution in [3.05, 3.63) is 35.4 Å². The van der Waals surface area contributed by atoms with Gasteiger partial charge >= 0.3 is 0 Å². The highest BCUT2D eigenvalue weighted by Gasteiger charge is 2.23. The van der Waals surface area contributed by atoms with E-state index in [1.54, 1.807) is 0 Å². The van der Waals surface area contributed by atoms with Gasteiger partial charge in [0.1, 0.15) is 11.6 Å². The van der Waals surface area contributed by atoms with E-state index >= 15 is 0 Å². The zero-order valence-corrected chi connectivity index (χ0v) is 9.87. The number of rotatable bonds is 1. The first kappa shape index (κ1) is 14.3. The van der Waals surface area contributed by atoms with E-state index in [9.17, 15) is 8.78 Å². The highest BCUT2D eigenvalue weighted by molar-refractivity contribution is 5.85. The quantitative estimate of drug-likeness (QED) is 0.793. The summed E-state index contributed by atoms with van der Waals surface area (Å²) in [4.78, 5) is 0. The summed E-state index contributed by atoms with van der Waals surface area (Å²) in [5, 5.41) is 0. The lowest BCUT2D eigenvalue weighted by atomic mass is 9.83. The molecule has 86 valence electrons. The summed E-state index contributed by atoms with van der Waals surface area (Å²) < 4.78 is 25.8. The number of hydrogen-bond acceptors (Lipinski definition) is 1. The van der Waals surface area contributed by atoms with E-state index in [2.05, 4.69) is 0 Å². The Balaban J connectivity index is 0.00000196. The molecule has 0 amide bonds. The normalized spacial score (nSPS) is 13.2. The van der Waals surface area contributed by atoms with Gasteiger partial charge in [-0.2, -0.15) is 0 Å². The first-order chi connectivity index (χ1) is 6.30. The Hall–Kier alpha value is -0.670. The number of benzene rings is 1. The fourth-order valence-electron chi connectivity index (χ4n) is 1.25. The smallest absolute Gasteiger partial charge is 0.126 e. The molecule has 0 saturated carbocycles. The number of halogens is 3. The van der Waals surface area contributed by atoms with Crippen LogP contribution in [0.3, 0.4) is 0 Å². The fourth-order valence-corrected chi connectivity index (χ4v) is 1.25. The van der Waals surface area contributed by atoms with E-state index in [1.165, 1.54) is 12.1 Å². The molecule has 0 saturated heterocycles. The molecule has 0 unspecified atom stereocenters. The first-order valence-electron chi connectivity index (χ1n) is 4.52. The Bertz CT molecular complexity index is 314. The van der Waals surface area contributed by atoms with Crippen LogP contribution in [0.15, 0.2) is 18.2 Å². The van der Waals surface area contributed by atoms with Gasteiger partial charge in [-0.1, -0.05) is 20.8 Å². The molecule has 0 aliphatic carbocycles. The van der Waals surface area contributed by atoms with Gasteiger partial charge in [-0.05, 0) is 23.1 Å². The van der Waals surface area contributed by atoms with Gasteiger partial charge in [0.05, 0.1) is 0 Å². The Kier molecular flexibility index (Phi) is 4.68. The molecule has 0 spiro atoms. The van der Waals surface area contributed by atoms with Crippen LogP contribution in [0, 0.1) is 17.0 Å². The SMILES string of the molecule is CC(C)(C)[C@@H](N)c1cc(F)cc(F)c1.Cl. The fraction of sp³-hybridized carbons (Fsp3) is 0.455. The zero-order valence-electron chi connectivity index (χ0n) is 9.05. The van der Waals surface area contributed by atoms with Crippen LogP contribution in [-0.4, -0.2) is 0 Å². The maximum atomic E-state index is 12.9. The second kappa shape index (κ2) is 4.90. The van der Waals surface area contributed by atoms with Crippen LogP contribution in [0.4, 0.5) is 8.78 Å². The molecule has 0 heterocycles. The van der Waals surface area contributed by atoms with Gasteiger partial charge in [0.2, 0.25) is 0 Å². The largest absolute Gasteiger partial charge is 0.324 e.